The Morgan fingerprint density at radius 1 is 1.00 bits per heavy atom. The van der Waals surface area contributed by atoms with Gasteiger partial charge in [0.1, 0.15) is 0 Å². The molecule has 0 radical (unpaired) electrons. The van der Waals surface area contributed by atoms with Crippen molar-refractivity contribution in [3.63, 3.8) is 0 Å². The molecule has 0 fully saturated rings. The first-order chi connectivity index (χ1) is 11.7. The van der Waals surface area contributed by atoms with Crippen LogP contribution in [0.5, 0.6) is 0 Å². The van der Waals surface area contributed by atoms with Crippen molar-refractivity contribution in [1.82, 2.24) is 9.73 Å². The van der Waals surface area contributed by atoms with Crippen LogP contribution in [0.3, 0.4) is 0 Å². The van der Waals surface area contributed by atoms with Crippen LogP contribution in [-0.4, -0.2) is 31.9 Å². The van der Waals surface area contributed by atoms with Gasteiger partial charge < -0.3 is 5.32 Å². The molecular weight excluding hydrogens is 356 g/mol. The average molecular weight is 379 g/mol. The van der Waals surface area contributed by atoms with Crippen molar-refractivity contribution in [2.24, 2.45) is 0 Å². The van der Waals surface area contributed by atoms with E-state index >= 15 is 0 Å². The number of hydrogen-bond acceptors (Lipinski definition) is 4. The summed E-state index contributed by atoms with van der Waals surface area (Å²) in [5, 5.41) is 3.30. The van der Waals surface area contributed by atoms with Crippen LogP contribution in [0.25, 0.3) is 0 Å². The second kappa shape index (κ2) is 7.81. The third kappa shape index (κ3) is 5.15. The Morgan fingerprint density at radius 2 is 1.64 bits per heavy atom. The fourth-order valence-electron chi connectivity index (χ4n) is 2.28. The zero-order chi connectivity index (χ0) is 18.6. The highest BCUT2D eigenvalue weighted by atomic mass is 32.2. The van der Waals surface area contributed by atoms with E-state index in [0.717, 1.165) is 16.8 Å². The quantitative estimate of drug-likeness (QED) is 0.549. The maximum Gasteiger partial charge on any atom is 0.242 e. The van der Waals surface area contributed by atoms with Gasteiger partial charge in [-0.2, -0.15) is 0 Å². The number of rotatable bonds is 5. The van der Waals surface area contributed by atoms with Gasteiger partial charge in [-0.05, 0) is 67.5 Å². The van der Waals surface area contributed by atoms with Crippen molar-refractivity contribution in [2.45, 2.75) is 18.7 Å². The van der Waals surface area contributed by atoms with E-state index in [4.69, 9.17) is 12.2 Å². The third-order valence-electron chi connectivity index (χ3n) is 3.41. The lowest BCUT2D eigenvalue weighted by molar-refractivity contribution is 0.521. The molecule has 0 spiro atoms. The molecule has 6 nitrogen and oxygen atoms in total. The van der Waals surface area contributed by atoms with Crippen molar-refractivity contribution in [2.75, 3.05) is 24.8 Å². The van der Waals surface area contributed by atoms with Gasteiger partial charge in [-0.1, -0.05) is 12.1 Å². The normalized spacial score (nSPS) is 11.2. The average Bonchev–Trinajstić information content (AvgIpc) is 2.52. The Kier molecular flexibility index (Phi) is 5.99. The largest absolute Gasteiger partial charge is 0.331 e. The van der Waals surface area contributed by atoms with Gasteiger partial charge in [0.25, 0.3) is 0 Å². The van der Waals surface area contributed by atoms with Crippen molar-refractivity contribution in [3.8, 4) is 0 Å². The molecule has 0 heterocycles. The zero-order valence-corrected chi connectivity index (χ0v) is 16.3. The number of anilines is 2. The molecule has 0 aliphatic heterocycles. The molecule has 0 bridgehead atoms. The van der Waals surface area contributed by atoms with Crippen molar-refractivity contribution in [1.29, 1.82) is 0 Å². The van der Waals surface area contributed by atoms with E-state index < -0.39 is 10.0 Å². The molecule has 0 aromatic heterocycles. The summed E-state index contributed by atoms with van der Waals surface area (Å²) in [6.07, 6.45) is 0. The van der Waals surface area contributed by atoms with E-state index in [-0.39, 0.29) is 4.90 Å². The topological polar surface area (TPSA) is 73.5 Å². The third-order valence-corrected chi connectivity index (χ3v) is 5.43. The first-order valence-corrected chi connectivity index (χ1v) is 9.47. The fraction of sp³-hybridized carbons (Fsp3) is 0.235. The summed E-state index contributed by atoms with van der Waals surface area (Å²) in [4.78, 5) is 0.201. The molecule has 2 aromatic carbocycles. The van der Waals surface area contributed by atoms with Crippen molar-refractivity contribution in [3.05, 3.63) is 53.6 Å². The lowest BCUT2D eigenvalue weighted by atomic mass is 10.1. The Hall–Kier alpha value is -2.16. The molecular formula is C17H22N4O2S2. The van der Waals surface area contributed by atoms with E-state index in [1.54, 1.807) is 24.3 Å². The predicted molar refractivity (Wildman–Crippen MR) is 106 cm³/mol. The highest BCUT2D eigenvalue weighted by molar-refractivity contribution is 7.89. The van der Waals surface area contributed by atoms with Gasteiger partial charge in [-0.3, -0.25) is 10.9 Å². The summed E-state index contributed by atoms with van der Waals surface area (Å²) < 4.78 is 25.5. The second-order valence-electron chi connectivity index (χ2n) is 5.90. The minimum absolute atomic E-state index is 0.201. The SMILES string of the molecule is Cc1cc(C)cc(NNC(=S)Nc2cccc(S(=O)(=O)N(C)C)c2)c1. The summed E-state index contributed by atoms with van der Waals surface area (Å²) in [6.45, 7) is 4.04. The Balaban J connectivity index is 2.03. The smallest absolute Gasteiger partial charge is 0.242 e. The lowest BCUT2D eigenvalue weighted by Gasteiger charge is -2.15. The molecule has 0 aliphatic carbocycles. The predicted octanol–water partition coefficient (Wildman–Crippen LogP) is 2.87. The van der Waals surface area contributed by atoms with Crippen LogP contribution in [0.2, 0.25) is 0 Å². The molecule has 25 heavy (non-hydrogen) atoms. The monoisotopic (exact) mass is 378 g/mol. The number of sulfonamides is 1. The first kappa shape index (κ1) is 19.2. The van der Waals surface area contributed by atoms with Crippen LogP contribution >= 0.6 is 12.2 Å². The van der Waals surface area contributed by atoms with E-state index in [1.165, 1.54) is 18.4 Å². The number of nitrogens with one attached hydrogen (secondary N) is 3. The van der Waals surface area contributed by atoms with Gasteiger partial charge in [-0.25, -0.2) is 12.7 Å². The van der Waals surface area contributed by atoms with Gasteiger partial charge in [0.2, 0.25) is 10.0 Å². The molecule has 2 aromatic rings. The summed E-state index contributed by atoms with van der Waals surface area (Å²) in [7, 11) is -0.495. The van der Waals surface area contributed by atoms with Gasteiger partial charge in [0.05, 0.1) is 10.6 Å². The number of thiocarbonyl (C=S) groups is 1. The van der Waals surface area contributed by atoms with E-state index in [1.807, 2.05) is 26.0 Å². The maximum absolute atomic E-state index is 12.2. The second-order valence-corrected chi connectivity index (χ2v) is 8.46. The maximum atomic E-state index is 12.2. The standard InChI is InChI=1S/C17H22N4O2S2/c1-12-8-13(2)10-15(9-12)19-20-17(24)18-14-6-5-7-16(11-14)25(22,23)21(3)4/h5-11,19H,1-4H3,(H2,18,20,24). The van der Waals surface area contributed by atoms with Crippen LogP contribution in [0.1, 0.15) is 11.1 Å². The summed E-state index contributed by atoms with van der Waals surface area (Å²) in [5.41, 5.74) is 9.69. The number of hydrazine groups is 1. The first-order valence-electron chi connectivity index (χ1n) is 7.62. The van der Waals surface area contributed by atoms with Crippen LogP contribution in [0.15, 0.2) is 47.4 Å². The fourth-order valence-corrected chi connectivity index (χ4v) is 3.40. The number of nitrogens with zero attached hydrogens (tertiary/aromatic N) is 1. The summed E-state index contributed by atoms with van der Waals surface area (Å²) >= 11 is 5.24. The van der Waals surface area contributed by atoms with Crippen LogP contribution in [0, 0.1) is 13.8 Å². The Morgan fingerprint density at radius 3 is 2.24 bits per heavy atom. The van der Waals surface area contributed by atoms with Crippen molar-refractivity contribution >= 4 is 38.7 Å². The lowest BCUT2D eigenvalue weighted by Crippen LogP contribution is -2.33. The van der Waals surface area contributed by atoms with E-state index in [0.29, 0.717) is 10.8 Å². The Bertz CT molecular complexity index is 860. The van der Waals surface area contributed by atoms with Crippen molar-refractivity contribution < 1.29 is 8.42 Å². The zero-order valence-electron chi connectivity index (χ0n) is 14.6. The number of hydrogen-bond donors (Lipinski definition) is 3. The molecule has 3 N–H and O–H groups in total. The highest BCUT2D eigenvalue weighted by Crippen LogP contribution is 2.18. The molecule has 2 rings (SSSR count). The molecule has 134 valence electrons. The van der Waals surface area contributed by atoms with Gasteiger partial charge in [-0.15, -0.1) is 0 Å². The van der Waals surface area contributed by atoms with Gasteiger partial charge >= 0.3 is 0 Å². The molecule has 0 unspecified atom stereocenters. The molecule has 0 aliphatic rings. The minimum Gasteiger partial charge on any atom is -0.331 e. The Labute approximate surface area is 154 Å². The van der Waals surface area contributed by atoms with E-state index in [2.05, 4.69) is 22.2 Å². The van der Waals surface area contributed by atoms with Crippen LogP contribution in [0.4, 0.5) is 11.4 Å². The minimum atomic E-state index is -3.49. The molecule has 0 saturated carbocycles. The van der Waals surface area contributed by atoms with Crippen LogP contribution in [-0.2, 0) is 10.0 Å². The van der Waals surface area contributed by atoms with Gasteiger partial charge in [0.15, 0.2) is 5.11 Å². The van der Waals surface area contributed by atoms with Crippen LogP contribution < -0.4 is 16.2 Å². The molecule has 0 saturated heterocycles. The van der Waals surface area contributed by atoms with Gasteiger partial charge in [0, 0.05) is 19.8 Å². The summed E-state index contributed by atoms with van der Waals surface area (Å²) in [6, 6.07) is 12.6. The number of aryl methyl sites for hydroxylation is 2. The highest BCUT2D eigenvalue weighted by Gasteiger charge is 2.17. The summed E-state index contributed by atoms with van der Waals surface area (Å²) in [5.74, 6) is 0. The molecule has 0 atom stereocenters. The van der Waals surface area contributed by atoms with E-state index in [9.17, 15) is 8.42 Å². The number of benzene rings is 2. The molecule has 0 amide bonds. The molecule has 8 heteroatoms.